The summed E-state index contributed by atoms with van der Waals surface area (Å²) in [6, 6.07) is 14.6. The second-order valence-corrected chi connectivity index (χ2v) is 5.18. The molecule has 0 aliphatic carbocycles. The molecule has 0 aliphatic rings. The smallest absolute Gasteiger partial charge is 0.259 e. The van der Waals surface area contributed by atoms with Crippen LogP contribution in [0.3, 0.4) is 0 Å². The van der Waals surface area contributed by atoms with E-state index in [1.165, 1.54) is 0 Å². The van der Waals surface area contributed by atoms with Crippen molar-refractivity contribution in [2.75, 3.05) is 12.4 Å². The van der Waals surface area contributed by atoms with Gasteiger partial charge >= 0.3 is 0 Å². The van der Waals surface area contributed by atoms with Crippen LogP contribution in [-0.4, -0.2) is 27.8 Å². The summed E-state index contributed by atoms with van der Waals surface area (Å²) < 4.78 is 7.18. The van der Waals surface area contributed by atoms with E-state index in [1.54, 1.807) is 31.6 Å². The van der Waals surface area contributed by atoms with E-state index in [2.05, 4.69) is 15.5 Å². The number of amides is 1. The zero-order valence-electron chi connectivity index (χ0n) is 13.6. The minimum Gasteiger partial charge on any atom is -0.496 e. The average molecular weight is 322 g/mol. The third-order valence-electron chi connectivity index (χ3n) is 3.69. The largest absolute Gasteiger partial charge is 0.496 e. The summed E-state index contributed by atoms with van der Waals surface area (Å²) in [6.07, 6.45) is 1.69. The number of hydrogen-bond donors (Lipinski definition) is 1. The molecule has 1 heterocycles. The molecule has 3 rings (SSSR count). The van der Waals surface area contributed by atoms with Gasteiger partial charge in [0, 0.05) is 17.8 Å². The topological polar surface area (TPSA) is 69.0 Å². The Kier molecular flexibility index (Phi) is 4.56. The normalized spacial score (nSPS) is 10.4. The molecule has 0 saturated heterocycles. The van der Waals surface area contributed by atoms with Crippen molar-refractivity contribution in [3.8, 4) is 17.1 Å². The number of aromatic nitrogens is 3. The van der Waals surface area contributed by atoms with E-state index in [-0.39, 0.29) is 5.91 Å². The van der Waals surface area contributed by atoms with Crippen molar-refractivity contribution in [3.63, 3.8) is 0 Å². The van der Waals surface area contributed by atoms with Crippen molar-refractivity contribution in [1.82, 2.24) is 14.8 Å². The summed E-state index contributed by atoms with van der Waals surface area (Å²) >= 11 is 0. The molecule has 1 aromatic heterocycles. The molecule has 24 heavy (non-hydrogen) atoms. The minimum atomic E-state index is -0.221. The first-order chi connectivity index (χ1) is 11.7. The molecule has 0 fully saturated rings. The summed E-state index contributed by atoms with van der Waals surface area (Å²) in [4.78, 5) is 12.5. The number of carbonyl (C=O) groups excluding carboxylic acids is 1. The molecular weight excluding hydrogens is 304 g/mol. The molecule has 0 bridgehead atoms. The molecule has 0 spiro atoms. The standard InChI is InChI=1S/C18H18N4O2/c1-3-22-12-19-21-17(22)13-7-6-8-14(11-13)20-18(23)15-9-4-5-10-16(15)24-2/h4-12H,3H2,1-2H3,(H,20,23). The Balaban J connectivity index is 1.86. The zero-order valence-corrected chi connectivity index (χ0v) is 13.6. The minimum absolute atomic E-state index is 0.221. The van der Waals surface area contributed by atoms with E-state index >= 15 is 0 Å². The van der Waals surface area contributed by atoms with Gasteiger partial charge in [-0.1, -0.05) is 24.3 Å². The Hall–Kier alpha value is -3.15. The predicted octanol–water partition coefficient (Wildman–Crippen LogP) is 3.23. The Labute approximate surface area is 140 Å². The third-order valence-corrected chi connectivity index (χ3v) is 3.69. The number of hydrogen-bond acceptors (Lipinski definition) is 4. The molecule has 0 unspecified atom stereocenters. The SMILES string of the molecule is CCn1cnnc1-c1cccc(NC(=O)c2ccccc2OC)c1. The number of ether oxygens (including phenoxy) is 1. The van der Waals surface area contributed by atoms with Crippen molar-refractivity contribution in [2.45, 2.75) is 13.5 Å². The van der Waals surface area contributed by atoms with Gasteiger partial charge in [-0.15, -0.1) is 10.2 Å². The van der Waals surface area contributed by atoms with E-state index in [4.69, 9.17) is 4.74 Å². The molecule has 0 saturated carbocycles. The van der Waals surface area contributed by atoms with Crippen molar-refractivity contribution in [1.29, 1.82) is 0 Å². The number of methoxy groups -OCH3 is 1. The highest BCUT2D eigenvalue weighted by molar-refractivity contribution is 6.06. The molecule has 0 aliphatic heterocycles. The first-order valence-corrected chi connectivity index (χ1v) is 7.65. The molecular formula is C18H18N4O2. The van der Waals surface area contributed by atoms with Crippen LogP contribution >= 0.6 is 0 Å². The van der Waals surface area contributed by atoms with E-state index in [9.17, 15) is 4.79 Å². The van der Waals surface area contributed by atoms with Gasteiger partial charge in [-0.3, -0.25) is 4.79 Å². The van der Waals surface area contributed by atoms with Crippen molar-refractivity contribution < 1.29 is 9.53 Å². The number of aryl methyl sites for hydroxylation is 1. The number of nitrogens with zero attached hydrogens (tertiary/aromatic N) is 3. The van der Waals surface area contributed by atoms with Gasteiger partial charge in [-0.2, -0.15) is 0 Å². The number of para-hydroxylation sites is 1. The molecule has 122 valence electrons. The van der Waals surface area contributed by atoms with Gasteiger partial charge in [0.2, 0.25) is 0 Å². The molecule has 6 nitrogen and oxygen atoms in total. The molecule has 3 aromatic rings. The average Bonchev–Trinajstić information content (AvgIpc) is 3.10. The molecule has 1 N–H and O–H groups in total. The quantitative estimate of drug-likeness (QED) is 0.783. The van der Waals surface area contributed by atoms with E-state index < -0.39 is 0 Å². The van der Waals surface area contributed by atoms with Gasteiger partial charge in [0.25, 0.3) is 5.91 Å². The molecule has 6 heteroatoms. The van der Waals surface area contributed by atoms with E-state index in [1.807, 2.05) is 41.8 Å². The number of anilines is 1. The molecule has 0 radical (unpaired) electrons. The summed E-state index contributed by atoms with van der Waals surface area (Å²) in [7, 11) is 1.55. The van der Waals surface area contributed by atoms with Crippen LogP contribution in [0.15, 0.2) is 54.9 Å². The van der Waals surface area contributed by atoms with Crippen LogP contribution in [0.5, 0.6) is 5.75 Å². The summed E-state index contributed by atoms with van der Waals surface area (Å²) in [5, 5.41) is 11.0. The Bertz CT molecular complexity index is 857. The van der Waals surface area contributed by atoms with Crippen LogP contribution in [0.4, 0.5) is 5.69 Å². The lowest BCUT2D eigenvalue weighted by Gasteiger charge is -2.10. The lowest BCUT2D eigenvalue weighted by atomic mass is 10.1. The Morgan fingerprint density at radius 1 is 1.21 bits per heavy atom. The van der Waals surface area contributed by atoms with Crippen molar-refractivity contribution in [2.24, 2.45) is 0 Å². The number of rotatable bonds is 5. The highest BCUT2D eigenvalue weighted by Crippen LogP contribution is 2.23. The molecule has 1 amide bonds. The number of nitrogens with one attached hydrogen (secondary N) is 1. The number of benzene rings is 2. The first kappa shape index (κ1) is 15.7. The fourth-order valence-electron chi connectivity index (χ4n) is 2.48. The highest BCUT2D eigenvalue weighted by atomic mass is 16.5. The lowest BCUT2D eigenvalue weighted by molar-refractivity contribution is 0.102. The van der Waals surface area contributed by atoms with Crippen LogP contribution in [0.2, 0.25) is 0 Å². The fraction of sp³-hybridized carbons (Fsp3) is 0.167. The van der Waals surface area contributed by atoms with Gasteiger partial charge < -0.3 is 14.6 Å². The second kappa shape index (κ2) is 6.95. The second-order valence-electron chi connectivity index (χ2n) is 5.18. The first-order valence-electron chi connectivity index (χ1n) is 7.65. The van der Waals surface area contributed by atoms with E-state index in [0.29, 0.717) is 17.0 Å². The predicted molar refractivity (Wildman–Crippen MR) is 92.1 cm³/mol. The van der Waals surface area contributed by atoms with Gasteiger partial charge in [0.05, 0.1) is 12.7 Å². The monoisotopic (exact) mass is 322 g/mol. The van der Waals surface area contributed by atoms with E-state index in [0.717, 1.165) is 17.9 Å². The van der Waals surface area contributed by atoms with Crippen LogP contribution in [0.1, 0.15) is 17.3 Å². The molecule has 2 aromatic carbocycles. The summed E-state index contributed by atoms with van der Waals surface area (Å²) in [5.41, 5.74) is 2.07. The van der Waals surface area contributed by atoms with Crippen LogP contribution in [0, 0.1) is 0 Å². The highest BCUT2D eigenvalue weighted by Gasteiger charge is 2.13. The summed E-state index contributed by atoms with van der Waals surface area (Å²) in [6.45, 7) is 2.81. The zero-order chi connectivity index (χ0) is 16.9. The summed E-state index contributed by atoms with van der Waals surface area (Å²) in [5.74, 6) is 1.09. The van der Waals surface area contributed by atoms with Crippen LogP contribution < -0.4 is 10.1 Å². The fourth-order valence-corrected chi connectivity index (χ4v) is 2.48. The van der Waals surface area contributed by atoms with Gasteiger partial charge in [-0.25, -0.2) is 0 Å². The maximum absolute atomic E-state index is 12.5. The lowest BCUT2D eigenvalue weighted by Crippen LogP contribution is -2.13. The Morgan fingerprint density at radius 2 is 2.04 bits per heavy atom. The van der Waals surface area contributed by atoms with Gasteiger partial charge in [0.15, 0.2) is 5.82 Å². The van der Waals surface area contributed by atoms with Gasteiger partial charge in [0.1, 0.15) is 12.1 Å². The number of carbonyl (C=O) groups is 1. The van der Waals surface area contributed by atoms with Gasteiger partial charge in [-0.05, 0) is 31.2 Å². The van der Waals surface area contributed by atoms with Crippen LogP contribution in [0.25, 0.3) is 11.4 Å². The Morgan fingerprint density at radius 3 is 2.83 bits per heavy atom. The maximum atomic E-state index is 12.5. The maximum Gasteiger partial charge on any atom is 0.259 e. The van der Waals surface area contributed by atoms with Crippen molar-refractivity contribution >= 4 is 11.6 Å². The third kappa shape index (κ3) is 3.12. The molecule has 0 atom stereocenters. The van der Waals surface area contributed by atoms with Crippen molar-refractivity contribution in [3.05, 3.63) is 60.4 Å². The van der Waals surface area contributed by atoms with Crippen LogP contribution in [-0.2, 0) is 6.54 Å².